The van der Waals surface area contributed by atoms with E-state index in [-0.39, 0.29) is 5.02 Å². The minimum atomic E-state index is -0.612. The van der Waals surface area contributed by atoms with Gasteiger partial charge in [0.25, 0.3) is 0 Å². The minimum Gasteiger partial charge on any atom is -0.497 e. The quantitative estimate of drug-likeness (QED) is 0.421. The molecule has 1 atom stereocenters. The summed E-state index contributed by atoms with van der Waals surface area (Å²) in [5.74, 6) is 0.649. The van der Waals surface area contributed by atoms with Gasteiger partial charge in [-0.2, -0.15) is 5.10 Å². The zero-order chi connectivity index (χ0) is 21.8. The first-order chi connectivity index (χ1) is 14.3. The average molecular weight is 448 g/mol. The molecule has 1 heterocycles. The van der Waals surface area contributed by atoms with Crippen molar-refractivity contribution in [2.45, 2.75) is 20.0 Å². The molecule has 1 N–H and O–H groups in total. The van der Waals surface area contributed by atoms with E-state index >= 15 is 0 Å². The van der Waals surface area contributed by atoms with Gasteiger partial charge >= 0.3 is 0 Å². The third-order valence-electron chi connectivity index (χ3n) is 4.42. The molecule has 3 rings (SSSR count). The van der Waals surface area contributed by atoms with E-state index < -0.39 is 11.9 Å². The van der Waals surface area contributed by atoms with E-state index in [0.29, 0.717) is 33.4 Å². The molecule has 0 aliphatic carbocycles. The van der Waals surface area contributed by atoms with Crippen LogP contribution in [0.15, 0.2) is 49.0 Å². The number of nitrogens with zero attached hydrogens (tertiary/aromatic N) is 2. The lowest BCUT2D eigenvalue weighted by atomic mass is 10.1. The normalized spacial score (nSPS) is 11.7. The molecule has 8 heteroatoms. The Bertz CT molecular complexity index is 1070. The molecule has 0 fully saturated rings. The maximum absolute atomic E-state index is 13.9. The van der Waals surface area contributed by atoms with Gasteiger partial charge in [-0.15, -0.1) is 5.10 Å². The van der Waals surface area contributed by atoms with E-state index in [9.17, 15) is 4.39 Å². The Labute approximate surface area is 184 Å². The van der Waals surface area contributed by atoms with Crippen LogP contribution in [0.1, 0.15) is 30.0 Å². The highest BCUT2D eigenvalue weighted by molar-refractivity contribution is 6.36. The second kappa shape index (κ2) is 9.32. The lowest BCUT2D eigenvalue weighted by molar-refractivity contribution is 0.223. The highest BCUT2D eigenvalue weighted by Gasteiger charge is 2.20. The topological polar surface area (TPSA) is 56.3 Å². The minimum absolute atomic E-state index is 0.0690. The summed E-state index contributed by atoms with van der Waals surface area (Å²) in [6.07, 6.45) is -0.612. The summed E-state index contributed by atoms with van der Waals surface area (Å²) in [5, 5.41) is 11.7. The molecule has 0 amide bonds. The number of ether oxygens (including phenoxy) is 2. The van der Waals surface area contributed by atoms with Crippen LogP contribution in [0.2, 0.25) is 10.0 Å². The van der Waals surface area contributed by atoms with E-state index in [4.69, 9.17) is 32.7 Å². The number of aromatic nitrogens is 2. The predicted octanol–water partition coefficient (Wildman–Crippen LogP) is 6.46. The zero-order valence-electron chi connectivity index (χ0n) is 16.7. The summed E-state index contributed by atoms with van der Waals surface area (Å²) < 4.78 is 25.0. The summed E-state index contributed by atoms with van der Waals surface area (Å²) in [7, 11) is 1.61. The lowest BCUT2D eigenvalue weighted by Gasteiger charge is -2.19. The van der Waals surface area contributed by atoms with Gasteiger partial charge in [-0.3, -0.25) is 0 Å². The number of aryl methyl sites for hydroxylation is 1. The van der Waals surface area contributed by atoms with Crippen LogP contribution in [0.5, 0.6) is 11.5 Å². The SMILES string of the molecule is C=C(Nc1ccc(OC)cc1)c1cc(OC(C)c2c(Cl)ccc(F)c2Cl)c(C)nn1. The summed E-state index contributed by atoms with van der Waals surface area (Å²) in [6.45, 7) is 7.51. The molecule has 30 heavy (non-hydrogen) atoms. The fourth-order valence-corrected chi connectivity index (χ4v) is 3.46. The standard InChI is InChI=1S/C22H20Cl2FN3O2/c1-12(26-15-5-7-16(29-4)8-6-15)19-11-20(13(2)27-28-19)30-14(3)21-17(23)9-10-18(25)22(21)24/h5-11,14,26H,1H2,2-4H3. The fourth-order valence-electron chi connectivity index (χ4n) is 2.78. The van der Waals surface area contributed by atoms with Crippen LogP contribution >= 0.6 is 23.2 Å². The molecule has 0 saturated heterocycles. The van der Waals surface area contributed by atoms with Gasteiger partial charge in [0, 0.05) is 22.3 Å². The molecule has 0 bridgehead atoms. The molecular formula is C22H20Cl2FN3O2. The molecule has 0 spiro atoms. The number of halogens is 3. The van der Waals surface area contributed by atoms with E-state index in [2.05, 4.69) is 22.1 Å². The van der Waals surface area contributed by atoms with Crippen LogP contribution < -0.4 is 14.8 Å². The zero-order valence-corrected chi connectivity index (χ0v) is 18.2. The monoisotopic (exact) mass is 447 g/mol. The van der Waals surface area contributed by atoms with Gasteiger partial charge < -0.3 is 14.8 Å². The van der Waals surface area contributed by atoms with Gasteiger partial charge in [0.1, 0.15) is 34.8 Å². The van der Waals surface area contributed by atoms with Crippen LogP contribution in [-0.2, 0) is 0 Å². The molecular weight excluding hydrogens is 428 g/mol. The molecule has 156 valence electrons. The Kier molecular flexibility index (Phi) is 6.80. The molecule has 0 aliphatic heterocycles. The third kappa shape index (κ3) is 4.83. The van der Waals surface area contributed by atoms with E-state index in [1.165, 1.54) is 12.1 Å². The van der Waals surface area contributed by atoms with Crippen molar-refractivity contribution >= 4 is 34.6 Å². The van der Waals surface area contributed by atoms with Crippen molar-refractivity contribution in [1.29, 1.82) is 0 Å². The van der Waals surface area contributed by atoms with Gasteiger partial charge in [0.15, 0.2) is 0 Å². The Morgan fingerprint density at radius 2 is 1.83 bits per heavy atom. The summed E-state index contributed by atoms with van der Waals surface area (Å²) in [4.78, 5) is 0. The van der Waals surface area contributed by atoms with Gasteiger partial charge in [0.2, 0.25) is 0 Å². The van der Waals surface area contributed by atoms with Crippen molar-refractivity contribution in [2.24, 2.45) is 0 Å². The predicted molar refractivity (Wildman–Crippen MR) is 118 cm³/mol. The number of hydrogen-bond donors (Lipinski definition) is 1. The number of benzene rings is 2. The average Bonchev–Trinajstić information content (AvgIpc) is 2.73. The number of nitrogens with one attached hydrogen (secondary N) is 1. The molecule has 5 nitrogen and oxygen atoms in total. The summed E-state index contributed by atoms with van der Waals surface area (Å²) >= 11 is 12.3. The second-order valence-corrected chi connectivity index (χ2v) is 7.31. The number of methoxy groups -OCH3 is 1. The van der Waals surface area contributed by atoms with Crippen LogP contribution in [0, 0.1) is 12.7 Å². The number of anilines is 1. The number of hydrogen-bond acceptors (Lipinski definition) is 5. The van der Waals surface area contributed by atoms with Gasteiger partial charge in [-0.1, -0.05) is 29.8 Å². The lowest BCUT2D eigenvalue weighted by Crippen LogP contribution is -2.09. The Hall–Kier alpha value is -2.83. The van der Waals surface area contributed by atoms with E-state index in [1.54, 1.807) is 27.0 Å². The van der Waals surface area contributed by atoms with Crippen molar-refractivity contribution in [3.8, 4) is 11.5 Å². The van der Waals surface area contributed by atoms with Crippen LogP contribution in [-0.4, -0.2) is 17.3 Å². The van der Waals surface area contributed by atoms with Crippen molar-refractivity contribution in [3.63, 3.8) is 0 Å². The van der Waals surface area contributed by atoms with Crippen molar-refractivity contribution < 1.29 is 13.9 Å². The Balaban J connectivity index is 1.81. The highest BCUT2D eigenvalue weighted by Crippen LogP contribution is 2.35. The molecule has 2 aromatic carbocycles. The third-order valence-corrected chi connectivity index (χ3v) is 5.13. The smallest absolute Gasteiger partial charge is 0.145 e. The van der Waals surface area contributed by atoms with Crippen molar-refractivity contribution in [3.05, 3.63) is 81.9 Å². The van der Waals surface area contributed by atoms with Gasteiger partial charge in [-0.05, 0) is 50.2 Å². The maximum Gasteiger partial charge on any atom is 0.145 e. The van der Waals surface area contributed by atoms with Crippen molar-refractivity contribution in [2.75, 3.05) is 12.4 Å². The van der Waals surface area contributed by atoms with E-state index in [1.807, 2.05) is 24.3 Å². The summed E-state index contributed by atoms with van der Waals surface area (Å²) in [6, 6.07) is 11.8. The number of rotatable bonds is 7. The first kappa shape index (κ1) is 21.9. The fraction of sp³-hybridized carbons (Fsp3) is 0.182. The molecule has 1 unspecified atom stereocenters. The maximum atomic E-state index is 13.9. The largest absolute Gasteiger partial charge is 0.497 e. The first-order valence-corrected chi connectivity index (χ1v) is 9.80. The molecule has 0 saturated carbocycles. The molecule has 3 aromatic rings. The molecule has 0 aliphatic rings. The van der Waals surface area contributed by atoms with E-state index in [0.717, 1.165) is 11.4 Å². The van der Waals surface area contributed by atoms with Crippen molar-refractivity contribution in [1.82, 2.24) is 10.2 Å². The first-order valence-electron chi connectivity index (χ1n) is 9.05. The highest BCUT2D eigenvalue weighted by atomic mass is 35.5. The van der Waals surface area contributed by atoms with Crippen LogP contribution in [0.3, 0.4) is 0 Å². The van der Waals surface area contributed by atoms with Gasteiger partial charge in [0.05, 0.1) is 17.8 Å². The van der Waals surface area contributed by atoms with Crippen LogP contribution in [0.25, 0.3) is 5.70 Å². The molecule has 1 aromatic heterocycles. The Morgan fingerprint density at radius 3 is 2.50 bits per heavy atom. The van der Waals surface area contributed by atoms with Gasteiger partial charge in [-0.25, -0.2) is 4.39 Å². The van der Waals surface area contributed by atoms with Crippen LogP contribution in [0.4, 0.5) is 10.1 Å². The molecule has 0 radical (unpaired) electrons. The summed E-state index contributed by atoms with van der Waals surface area (Å²) in [5.41, 5.74) is 2.78. The Morgan fingerprint density at radius 1 is 1.13 bits per heavy atom. The second-order valence-electron chi connectivity index (χ2n) is 6.53.